The maximum absolute atomic E-state index is 5.95. The minimum atomic E-state index is 0.422. The lowest BCUT2D eigenvalue weighted by Crippen LogP contribution is -2.13. The molecule has 2 nitrogen and oxygen atoms in total. The predicted octanol–water partition coefficient (Wildman–Crippen LogP) is 2.16. The molecule has 0 unspecified atom stereocenters. The van der Waals surface area contributed by atoms with Crippen molar-refractivity contribution in [3.05, 3.63) is 29.0 Å². The fourth-order valence-corrected chi connectivity index (χ4v) is 1.86. The third-order valence-electron chi connectivity index (χ3n) is 2.22. The van der Waals surface area contributed by atoms with E-state index in [2.05, 4.69) is 10.3 Å². The molecule has 1 aliphatic heterocycles. The second kappa shape index (κ2) is 3.42. The maximum atomic E-state index is 5.95. The smallest absolute Gasteiger partial charge is 0.133 e. The second-order valence-electron chi connectivity index (χ2n) is 3.03. The molecule has 2 heterocycles. The van der Waals surface area contributed by atoms with Crippen molar-refractivity contribution in [1.82, 2.24) is 10.3 Å². The summed E-state index contributed by atoms with van der Waals surface area (Å²) in [5.74, 6) is 0. The highest BCUT2D eigenvalue weighted by atomic mass is 35.5. The van der Waals surface area contributed by atoms with Gasteiger partial charge >= 0.3 is 0 Å². The number of rotatable bonds is 1. The SMILES string of the molecule is Clc1ncccc1[C@@H]1CCCN1. The van der Waals surface area contributed by atoms with Crippen LogP contribution < -0.4 is 5.32 Å². The Morgan fingerprint density at radius 1 is 1.58 bits per heavy atom. The molecule has 2 rings (SSSR count). The van der Waals surface area contributed by atoms with Gasteiger partial charge in [0.05, 0.1) is 0 Å². The van der Waals surface area contributed by atoms with Gasteiger partial charge in [0.25, 0.3) is 0 Å². The van der Waals surface area contributed by atoms with Gasteiger partial charge in [0.2, 0.25) is 0 Å². The van der Waals surface area contributed by atoms with Gasteiger partial charge in [0.1, 0.15) is 5.15 Å². The molecule has 0 bridgehead atoms. The zero-order valence-corrected chi connectivity index (χ0v) is 7.51. The fraction of sp³-hybridized carbons (Fsp3) is 0.444. The van der Waals surface area contributed by atoms with Gasteiger partial charge in [-0.25, -0.2) is 4.98 Å². The lowest BCUT2D eigenvalue weighted by molar-refractivity contribution is 0.645. The fourth-order valence-electron chi connectivity index (χ4n) is 1.61. The number of hydrogen-bond donors (Lipinski definition) is 1. The van der Waals surface area contributed by atoms with E-state index in [-0.39, 0.29) is 0 Å². The number of pyridine rings is 1. The molecule has 1 aliphatic rings. The molecular formula is C9H11ClN2. The van der Waals surface area contributed by atoms with Crippen LogP contribution in [0.1, 0.15) is 24.4 Å². The van der Waals surface area contributed by atoms with E-state index in [1.165, 1.54) is 12.8 Å². The summed E-state index contributed by atoms with van der Waals surface area (Å²) in [6, 6.07) is 4.39. The molecule has 0 amide bonds. The monoisotopic (exact) mass is 182 g/mol. The third kappa shape index (κ3) is 1.45. The summed E-state index contributed by atoms with van der Waals surface area (Å²) in [4.78, 5) is 4.05. The van der Waals surface area contributed by atoms with Gasteiger partial charge in [0, 0.05) is 17.8 Å². The van der Waals surface area contributed by atoms with Crippen LogP contribution >= 0.6 is 11.6 Å². The molecule has 0 radical (unpaired) electrons. The first kappa shape index (κ1) is 8.02. The number of nitrogens with zero attached hydrogens (tertiary/aromatic N) is 1. The topological polar surface area (TPSA) is 24.9 Å². The molecule has 1 aromatic rings. The summed E-state index contributed by atoms with van der Waals surface area (Å²) in [7, 11) is 0. The summed E-state index contributed by atoms with van der Waals surface area (Å²) in [5.41, 5.74) is 1.14. The van der Waals surface area contributed by atoms with Crippen LogP contribution in [-0.4, -0.2) is 11.5 Å². The van der Waals surface area contributed by atoms with Gasteiger partial charge in [-0.1, -0.05) is 17.7 Å². The van der Waals surface area contributed by atoms with E-state index in [0.717, 1.165) is 12.1 Å². The molecule has 1 N–H and O–H groups in total. The van der Waals surface area contributed by atoms with Crippen molar-refractivity contribution in [2.45, 2.75) is 18.9 Å². The van der Waals surface area contributed by atoms with E-state index in [1.807, 2.05) is 12.1 Å². The lowest BCUT2D eigenvalue weighted by atomic mass is 10.1. The number of aromatic nitrogens is 1. The van der Waals surface area contributed by atoms with E-state index in [9.17, 15) is 0 Å². The Morgan fingerprint density at radius 2 is 2.50 bits per heavy atom. The first-order valence-corrected chi connectivity index (χ1v) is 4.59. The molecule has 0 saturated carbocycles. The van der Waals surface area contributed by atoms with Crippen LogP contribution in [0.4, 0.5) is 0 Å². The van der Waals surface area contributed by atoms with Crippen LogP contribution in [-0.2, 0) is 0 Å². The number of hydrogen-bond acceptors (Lipinski definition) is 2. The van der Waals surface area contributed by atoms with Crippen LogP contribution in [0.25, 0.3) is 0 Å². The summed E-state index contributed by atoms with van der Waals surface area (Å²) in [6.45, 7) is 1.09. The number of nitrogens with one attached hydrogen (secondary N) is 1. The van der Waals surface area contributed by atoms with Gasteiger partial charge in [-0.15, -0.1) is 0 Å². The van der Waals surface area contributed by atoms with Crippen molar-refractivity contribution in [3.63, 3.8) is 0 Å². The minimum absolute atomic E-state index is 0.422. The van der Waals surface area contributed by atoms with Crippen LogP contribution in [0.3, 0.4) is 0 Å². The predicted molar refractivity (Wildman–Crippen MR) is 49.2 cm³/mol. The van der Waals surface area contributed by atoms with Gasteiger partial charge in [0.15, 0.2) is 0 Å². The highest BCUT2D eigenvalue weighted by Crippen LogP contribution is 2.26. The summed E-state index contributed by atoms with van der Waals surface area (Å²) >= 11 is 5.95. The van der Waals surface area contributed by atoms with Gasteiger partial charge in [-0.2, -0.15) is 0 Å². The van der Waals surface area contributed by atoms with Crippen LogP contribution in [0.5, 0.6) is 0 Å². The van der Waals surface area contributed by atoms with E-state index in [0.29, 0.717) is 11.2 Å². The Hall–Kier alpha value is -0.600. The lowest BCUT2D eigenvalue weighted by Gasteiger charge is -2.10. The van der Waals surface area contributed by atoms with E-state index >= 15 is 0 Å². The van der Waals surface area contributed by atoms with Crippen molar-refractivity contribution in [1.29, 1.82) is 0 Å². The molecule has 64 valence electrons. The van der Waals surface area contributed by atoms with Crippen LogP contribution in [0.15, 0.2) is 18.3 Å². The first-order chi connectivity index (χ1) is 5.88. The van der Waals surface area contributed by atoms with E-state index in [1.54, 1.807) is 6.20 Å². The molecule has 1 atom stereocenters. The molecule has 0 aliphatic carbocycles. The van der Waals surface area contributed by atoms with Crippen molar-refractivity contribution in [3.8, 4) is 0 Å². The molecule has 1 aromatic heterocycles. The Bertz CT molecular complexity index is 269. The molecular weight excluding hydrogens is 172 g/mol. The zero-order valence-electron chi connectivity index (χ0n) is 6.76. The summed E-state index contributed by atoms with van der Waals surface area (Å²) < 4.78 is 0. The Labute approximate surface area is 77.0 Å². The molecule has 0 spiro atoms. The van der Waals surface area contributed by atoms with Crippen molar-refractivity contribution in [2.24, 2.45) is 0 Å². The largest absolute Gasteiger partial charge is 0.310 e. The maximum Gasteiger partial charge on any atom is 0.133 e. The van der Waals surface area contributed by atoms with Crippen molar-refractivity contribution in [2.75, 3.05) is 6.54 Å². The van der Waals surface area contributed by atoms with Crippen LogP contribution in [0, 0.1) is 0 Å². The van der Waals surface area contributed by atoms with Gasteiger partial charge < -0.3 is 5.32 Å². The third-order valence-corrected chi connectivity index (χ3v) is 2.54. The van der Waals surface area contributed by atoms with Crippen molar-refractivity contribution < 1.29 is 0 Å². The standard InChI is InChI=1S/C9H11ClN2/c10-9-7(3-1-6-12-9)8-4-2-5-11-8/h1,3,6,8,11H,2,4-5H2/t8-/m0/s1. The first-order valence-electron chi connectivity index (χ1n) is 4.22. The summed E-state index contributed by atoms with van der Waals surface area (Å²) in [6.07, 6.45) is 4.13. The van der Waals surface area contributed by atoms with Gasteiger partial charge in [-0.05, 0) is 25.5 Å². The van der Waals surface area contributed by atoms with E-state index in [4.69, 9.17) is 11.6 Å². The highest BCUT2D eigenvalue weighted by molar-refractivity contribution is 6.30. The number of halogens is 1. The Balaban J connectivity index is 2.26. The quantitative estimate of drug-likeness (QED) is 0.674. The average molecular weight is 183 g/mol. The second-order valence-corrected chi connectivity index (χ2v) is 3.39. The van der Waals surface area contributed by atoms with Gasteiger partial charge in [-0.3, -0.25) is 0 Å². The Kier molecular flexibility index (Phi) is 2.28. The normalized spacial score (nSPS) is 22.9. The molecule has 12 heavy (non-hydrogen) atoms. The average Bonchev–Trinajstić information content (AvgIpc) is 2.57. The molecule has 1 fully saturated rings. The highest BCUT2D eigenvalue weighted by Gasteiger charge is 2.18. The summed E-state index contributed by atoms with van der Waals surface area (Å²) in [5, 5.41) is 4.03. The molecule has 3 heteroatoms. The van der Waals surface area contributed by atoms with Crippen LogP contribution in [0.2, 0.25) is 5.15 Å². The molecule has 0 aromatic carbocycles. The molecule has 1 saturated heterocycles. The Morgan fingerprint density at radius 3 is 3.17 bits per heavy atom. The zero-order chi connectivity index (χ0) is 8.39. The minimum Gasteiger partial charge on any atom is -0.310 e. The van der Waals surface area contributed by atoms with Crippen molar-refractivity contribution >= 4 is 11.6 Å². The van der Waals surface area contributed by atoms with E-state index < -0.39 is 0 Å².